The molecule has 0 saturated carbocycles. The van der Waals surface area contributed by atoms with Crippen molar-refractivity contribution < 1.29 is 4.79 Å². The van der Waals surface area contributed by atoms with Crippen molar-refractivity contribution in [1.29, 1.82) is 0 Å². The van der Waals surface area contributed by atoms with E-state index in [1.54, 1.807) is 24.3 Å². The van der Waals surface area contributed by atoms with Gasteiger partial charge in [0.15, 0.2) is 5.65 Å². The molecule has 7 nitrogen and oxygen atoms in total. The number of anilines is 1. The van der Waals surface area contributed by atoms with Crippen LogP contribution >= 0.6 is 11.6 Å². The third-order valence-corrected chi connectivity index (χ3v) is 4.15. The Morgan fingerprint density at radius 3 is 2.48 bits per heavy atom. The average Bonchev–Trinajstić information content (AvgIpc) is 2.60. The topological polar surface area (TPSA) is 86.0 Å². The van der Waals surface area contributed by atoms with Crippen LogP contribution in [0.4, 0.5) is 5.69 Å². The summed E-state index contributed by atoms with van der Waals surface area (Å²) in [5.41, 5.74) is 0.348. The highest BCUT2D eigenvalue weighted by Gasteiger charge is 2.15. The zero-order valence-corrected chi connectivity index (χ0v) is 14.4. The molecule has 0 radical (unpaired) electrons. The maximum absolute atomic E-state index is 12.4. The Bertz CT molecular complexity index is 1080. The van der Waals surface area contributed by atoms with Crippen molar-refractivity contribution in [3.63, 3.8) is 0 Å². The van der Waals surface area contributed by atoms with Crippen LogP contribution in [0.2, 0.25) is 5.02 Å². The van der Waals surface area contributed by atoms with Gasteiger partial charge in [0.25, 0.3) is 5.56 Å². The number of carbonyl (C=O) groups excluding carboxylic acids is 1. The third-order valence-electron chi connectivity index (χ3n) is 3.89. The van der Waals surface area contributed by atoms with Crippen molar-refractivity contribution in [3.05, 3.63) is 68.0 Å². The molecule has 128 valence electrons. The Labute approximate surface area is 147 Å². The fraction of sp³-hybridized carbons (Fsp3) is 0.176. The molecule has 0 bridgehead atoms. The van der Waals surface area contributed by atoms with Crippen molar-refractivity contribution in [1.82, 2.24) is 14.1 Å². The van der Waals surface area contributed by atoms with E-state index in [9.17, 15) is 14.4 Å². The van der Waals surface area contributed by atoms with Crippen molar-refractivity contribution in [2.45, 2.75) is 6.42 Å². The summed E-state index contributed by atoms with van der Waals surface area (Å²) in [7, 11) is 2.91. The molecule has 2 aromatic heterocycles. The summed E-state index contributed by atoms with van der Waals surface area (Å²) in [5.74, 6) is -0.286. The monoisotopic (exact) mass is 358 g/mol. The van der Waals surface area contributed by atoms with Gasteiger partial charge in [-0.15, -0.1) is 0 Å². The van der Waals surface area contributed by atoms with Gasteiger partial charge in [0.2, 0.25) is 5.91 Å². The van der Waals surface area contributed by atoms with Crippen LogP contribution in [0.3, 0.4) is 0 Å². The Kier molecular flexibility index (Phi) is 4.41. The first kappa shape index (κ1) is 16.9. The molecule has 2 heterocycles. The molecule has 0 atom stereocenters. The second-order valence-electron chi connectivity index (χ2n) is 5.61. The number of hydrogen-bond acceptors (Lipinski definition) is 4. The zero-order chi connectivity index (χ0) is 18.1. The predicted molar refractivity (Wildman–Crippen MR) is 96.0 cm³/mol. The fourth-order valence-electron chi connectivity index (χ4n) is 2.57. The number of amides is 1. The molecule has 3 rings (SSSR count). The van der Waals surface area contributed by atoms with Gasteiger partial charge in [-0.1, -0.05) is 23.7 Å². The number of carbonyl (C=O) groups is 1. The van der Waals surface area contributed by atoms with E-state index in [0.29, 0.717) is 10.7 Å². The molecule has 25 heavy (non-hydrogen) atoms. The predicted octanol–water partition coefficient (Wildman–Crippen LogP) is 1.47. The third kappa shape index (κ3) is 3.18. The first-order valence-corrected chi connectivity index (χ1v) is 7.85. The molecule has 1 aromatic carbocycles. The van der Waals surface area contributed by atoms with Crippen LogP contribution in [0, 0.1) is 0 Å². The molecule has 0 aliphatic rings. The van der Waals surface area contributed by atoms with E-state index in [0.717, 1.165) is 10.1 Å². The Balaban J connectivity index is 1.99. The standard InChI is InChI=1S/C17H15ClN4O3/c1-21-15-14(16(24)22(2)17(21)25)12(7-8-19-15)20-13(23)9-10-3-5-11(18)6-4-10/h3-8H,9H2,1-2H3,(H,19,20,23). The van der Waals surface area contributed by atoms with Crippen LogP contribution in [0.25, 0.3) is 11.0 Å². The number of hydrogen-bond donors (Lipinski definition) is 1. The lowest BCUT2D eigenvalue weighted by Crippen LogP contribution is -2.37. The summed E-state index contributed by atoms with van der Waals surface area (Å²) >= 11 is 5.83. The zero-order valence-electron chi connectivity index (χ0n) is 13.6. The van der Waals surface area contributed by atoms with Crippen LogP contribution in [-0.4, -0.2) is 20.0 Å². The molecule has 3 aromatic rings. The second-order valence-corrected chi connectivity index (χ2v) is 6.05. The van der Waals surface area contributed by atoms with Crippen molar-refractivity contribution in [2.75, 3.05) is 5.32 Å². The van der Waals surface area contributed by atoms with E-state index < -0.39 is 11.2 Å². The Hall–Kier alpha value is -2.93. The van der Waals surface area contributed by atoms with Gasteiger partial charge in [-0.2, -0.15) is 0 Å². The van der Waals surface area contributed by atoms with E-state index >= 15 is 0 Å². The molecule has 1 N–H and O–H groups in total. The second kappa shape index (κ2) is 6.52. The van der Waals surface area contributed by atoms with Gasteiger partial charge >= 0.3 is 5.69 Å². The highest BCUT2D eigenvalue weighted by atomic mass is 35.5. The Morgan fingerprint density at radius 2 is 1.80 bits per heavy atom. The summed E-state index contributed by atoms with van der Waals surface area (Å²) in [6.07, 6.45) is 1.58. The number of benzene rings is 1. The smallest absolute Gasteiger partial charge is 0.325 e. The lowest BCUT2D eigenvalue weighted by atomic mass is 10.1. The van der Waals surface area contributed by atoms with Gasteiger partial charge < -0.3 is 5.32 Å². The fourth-order valence-corrected chi connectivity index (χ4v) is 2.70. The number of pyridine rings is 1. The van der Waals surface area contributed by atoms with Crippen molar-refractivity contribution in [2.24, 2.45) is 14.1 Å². The van der Waals surface area contributed by atoms with E-state index in [4.69, 9.17) is 11.6 Å². The van der Waals surface area contributed by atoms with Crippen LogP contribution in [-0.2, 0) is 25.3 Å². The minimum absolute atomic E-state index is 0.132. The van der Waals surface area contributed by atoms with Crippen LogP contribution < -0.4 is 16.6 Å². The summed E-state index contributed by atoms with van der Waals surface area (Å²) in [6, 6.07) is 8.47. The SMILES string of the molecule is Cn1c(=O)c2c(NC(=O)Cc3ccc(Cl)cc3)ccnc2n(C)c1=O. The molecule has 1 amide bonds. The van der Waals surface area contributed by atoms with Crippen LogP contribution in [0.15, 0.2) is 46.1 Å². The lowest BCUT2D eigenvalue weighted by Gasteiger charge is -2.11. The number of aryl methyl sites for hydroxylation is 1. The molecule has 0 saturated heterocycles. The van der Waals surface area contributed by atoms with Gasteiger partial charge in [0, 0.05) is 25.3 Å². The molecule has 8 heteroatoms. The molecular formula is C17H15ClN4O3. The van der Waals surface area contributed by atoms with E-state index in [1.165, 1.54) is 30.9 Å². The maximum Gasteiger partial charge on any atom is 0.332 e. The van der Waals surface area contributed by atoms with Gasteiger partial charge in [-0.25, -0.2) is 9.78 Å². The highest BCUT2D eigenvalue weighted by molar-refractivity contribution is 6.30. The van der Waals surface area contributed by atoms with Gasteiger partial charge in [-0.3, -0.25) is 18.7 Å². The largest absolute Gasteiger partial charge is 0.332 e. The highest BCUT2D eigenvalue weighted by Crippen LogP contribution is 2.17. The normalized spacial score (nSPS) is 10.8. The number of halogens is 1. The maximum atomic E-state index is 12.4. The van der Waals surface area contributed by atoms with Crippen molar-refractivity contribution in [3.8, 4) is 0 Å². The van der Waals surface area contributed by atoms with E-state index in [-0.39, 0.29) is 23.4 Å². The van der Waals surface area contributed by atoms with Gasteiger partial charge in [0.05, 0.1) is 12.1 Å². The summed E-state index contributed by atoms with van der Waals surface area (Å²) in [5, 5.41) is 3.50. The number of nitrogens with one attached hydrogen (secondary N) is 1. The molecule has 0 spiro atoms. The average molecular weight is 359 g/mol. The van der Waals surface area contributed by atoms with E-state index in [2.05, 4.69) is 10.3 Å². The van der Waals surface area contributed by atoms with Crippen LogP contribution in [0.1, 0.15) is 5.56 Å². The first-order valence-electron chi connectivity index (χ1n) is 7.47. The first-order chi connectivity index (χ1) is 11.9. The van der Waals surface area contributed by atoms with Gasteiger partial charge in [0.1, 0.15) is 5.39 Å². The quantitative estimate of drug-likeness (QED) is 0.768. The molecule has 0 fully saturated rings. The number of nitrogens with zero attached hydrogens (tertiary/aromatic N) is 3. The summed E-state index contributed by atoms with van der Waals surface area (Å²) < 4.78 is 2.25. The minimum atomic E-state index is -0.506. The lowest BCUT2D eigenvalue weighted by molar-refractivity contribution is -0.115. The number of fused-ring (bicyclic) bond motifs is 1. The Morgan fingerprint density at radius 1 is 1.12 bits per heavy atom. The molecule has 0 unspecified atom stereocenters. The summed E-state index contributed by atoms with van der Waals surface area (Å²) in [6.45, 7) is 0. The number of rotatable bonds is 3. The summed E-state index contributed by atoms with van der Waals surface area (Å²) in [4.78, 5) is 40.8. The molecule has 0 aliphatic heterocycles. The van der Waals surface area contributed by atoms with Crippen LogP contribution in [0.5, 0.6) is 0 Å². The van der Waals surface area contributed by atoms with E-state index in [1.807, 2.05) is 0 Å². The molecular weight excluding hydrogens is 344 g/mol. The van der Waals surface area contributed by atoms with Gasteiger partial charge in [-0.05, 0) is 23.8 Å². The number of aromatic nitrogens is 3. The molecule has 0 aliphatic carbocycles. The van der Waals surface area contributed by atoms with Crippen molar-refractivity contribution >= 4 is 34.2 Å². The minimum Gasteiger partial charge on any atom is -0.325 e.